The Kier molecular flexibility index (Phi) is 3.72. The van der Waals surface area contributed by atoms with Gasteiger partial charge in [0.25, 0.3) is 0 Å². The molecule has 0 fully saturated rings. The van der Waals surface area contributed by atoms with Crippen LogP contribution in [0.25, 0.3) is 0 Å². The zero-order chi connectivity index (χ0) is 13.1. The average Bonchev–Trinajstić information content (AvgIpc) is 2.76. The van der Waals surface area contributed by atoms with E-state index in [1.165, 1.54) is 6.33 Å². The summed E-state index contributed by atoms with van der Waals surface area (Å²) < 4.78 is 1.79. The number of pyridine rings is 1. The van der Waals surface area contributed by atoms with E-state index in [4.69, 9.17) is 0 Å². The second-order valence-electron chi connectivity index (χ2n) is 4.34. The van der Waals surface area contributed by atoms with Gasteiger partial charge in [0.2, 0.25) is 0 Å². The van der Waals surface area contributed by atoms with E-state index >= 15 is 0 Å². The van der Waals surface area contributed by atoms with E-state index in [0.29, 0.717) is 6.42 Å². The molecule has 2 rings (SSSR count). The van der Waals surface area contributed by atoms with Gasteiger partial charge >= 0.3 is 0 Å². The molecule has 18 heavy (non-hydrogen) atoms. The summed E-state index contributed by atoms with van der Waals surface area (Å²) in [5.41, 5.74) is 2.68. The molecule has 1 atom stereocenters. The lowest BCUT2D eigenvalue weighted by molar-refractivity contribution is 0.173. The summed E-state index contributed by atoms with van der Waals surface area (Å²) in [6.45, 7) is 6.61. The zero-order valence-electron chi connectivity index (χ0n) is 11.0. The standard InChI is InChI=1S/C13H18N4O/c1-4-17-13(14-8-15-17)7-12(18)11-6-5-9(2)16-10(11)3/h5-6,8,12,18H,4,7H2,1-3H3. The van der Waals surface area contributed by atoms with Crippen molar-refractivity contribution in [3.05, 3.63) is 41.2 Å². The zero-order valence-corrected chi connectivity index (χ0v) is 11.0. The number of rotatable bonds is 4. The topological polar surface area (TPSA) is 63.8 Å². The van der Waals surface area contributed by atoms with Gasteiger partial charge < -0.3 is 5.11 Å². The lowest BCUT2D eigenvalue weighted by atomic mass is 10.0. The minimum atomic E-state index is -0.590. The fourth-order valence-corrected chi connectivity index (χ4v) is 2.04. The maximum Gasteiger partial charge on any atom is 0.138 e. The number of aliphatic hydroxyl groups is 1. The molecule has 0 aliphatic carbocycles. The highest BCUT2D eigenvalue weighted by molar-refractivity contribution is 5.24. The predicted molar refractivity (Wildman–Crippen MR) is 68.1 cm³/mol. The van der Waals surface area contributed by atoms with Crippen molar-refractivity contribution in [2.24, 2.45) is 0 Å². The highest BCUT2D eigenvalue weighted by atomic mass is 16.3. The van der Waals surface area contributed by atoms with Crippen LogP contribution in [0.15, 0.2) is 18.5 Å². The minimum absolute atomic E-state index is 0.458. The van der Waals surface area contributed by atoms with Crippen molar-refractivity contribution in [2.45, 2.75) is 39.8 Å². The van der Waals surface area contributed by atoms with Gasteiger partial charge in [-0.05, 0) is 26.8 Å². The van der Waals surface area contributed by atoms with Crippen molar-refractivity contribution in [1.82, 2.24) is 19.7 Å². The summed E-state index contributed by atoms with van der Waals surface area (Å²) in [6.07, 6.45) is 1.39. The molecule has 2 aromatic rings. The number of hydrogen-bond acceptors (Lipinski definition) is 4. The van der Waals surface area contributed by atoms with Crippen LogP contribution in [-0.2, 0) is 13.0 Å². The SMILES string of the molecule is CCn1ncnc1CC(O)c1ccc(C)nc1C. The molecule has 1 unspecified atom stereocenters. The predicted octanol–water partition coefficient (Wildman–Crippen LogP) is 1.59. The fourth-order valence-electron chi connectivity index (χ4n) is 2.04. The van der Waals surface area contributed by atoms with Crippen molar-refractivity contribution in [2.75, 3.05) is 0 Å². The monoisotopic (exact) mass is 246 g/mol. The van der Waals surface area contributed by atoms with Crippen LogP contribution in [0.4, 0.5) is 0 Å². The first-order valence-electron chi connectivity index (χ1n) is 6.10. The molecular weight excluding hydrogens is 228 g/mol. The summed E-state index contributed by atoms with van der Waals surface area (Å²) in [4.78, 5) is 8.53. The Hall–Kier alpha value is -1.75. The van der Waals surface area contributed by atoms with E-state index < -0.39 is 6.10 Å². The van der Waals surface area contributed by atoms with Gasteiger partial charge in [0.15, 0.2) is 0 Å². The Labute approximate surface area is 107 Å². The molecule has 2 heterocycles. The minimum Gasteiger partial charge on any atom is -0.388 e. The smallest absolute Gasteiger partial charge is 0.138 e. The van der Waals surface area contributed by atoms with Crippen molar-refractivity contribution >= 4 is 0 Å². The Bertz CT molecular complexity index is 536. The van der Waals surface area contributed by atoms with E-state index in [1.54, 1.807) is 4.68 Å². The molecule has 5 heteroatoms. The average molecular weight is 246 g/mol. The van der Waals surface area contributed by atoms with Gasteiger partial charge in [-0.15, -0.1) is 0 Å². The second-order valence-corrected chi connectivity index (χ2v) is 4.34. The normalized spacial score (nSPS) is 12.7. The Morgan fingerprint density at radius 3 is 2.78 bits per heavy atom. The molecule has 0 saturated carbocycles. The summed E-state index contributed by atoms with van der Waals surface area (Å²) in [5, 5.41) is 14.4. The molecule has 1 N–H and O–H groups in total. The highest BCUT2D eigenvalue weighted by Crippen LogP contribution is 2.20. The Balaban J connectivity index is 2.19. The van der Waals surface area contributed by atoms with Crippen LogP contribution in [0.1, 0.15) is 35.8 Å². The van der Waals surface area contributed by atoms with Gasteiger partial charge in [-0.2, -0.15) is 5.10 Å². The van der Waals surface area contributed by atoms with Crippen LogP contribution in [0.3, 0.4) is 0 Å². The number of nitrogens with zero attached hydrogens (tertiary/aromatic N) is 4. The maximum absolute atomic E-state index is 10.3. The van der Waals surface area contributed by atoms with Gasteiger partial charge in [0, 0.05) is 29.9 Å². The highest BCUT2D eigenvalue weighted by Gasteiger charge is 2.15. The lowest BCUT2D eigenvalue weighted by Gasteiger charge is -2.13. The Morgan fingerprint density at radius 2 is 2.11 bits per heavy atom. The number of hydrogen-bond donors (Lipinski definition) is 1. The maximum atomic E-state index is 10.3. The van der Waals surface area contributed by atoms with Crippen molar-refractivity contribution < 1.29 is 5.11 Å². The molecule has 0 amide bonds. The van der Waals surface area contributed by atoms with E-state index in [0.717, 1.165) is 29.3 Å². The van der Waals surface area contributed by atoms with Crippen LogP contribution < -0.4 is 0 Å². The third kappa shape index (κ3) is 2.56. The van der Waals surface area contributed by atoms with E-state index in [1.807, 2.05) is 32.9 Å². The fraction of sp³-hybridized carbons (Fsp3) is 0.462. The van der Waals surface area contributed by atoms with Crippen LogP contribution >= 0.6 is 0 Å². The molecule has 0 aliphatic heterocycles. The largest absolute Gasteiger partial charge is 0.388 e. The summed E-state index contributed by atoms with van der Waals surface area (Å²) >= 11 is 0. The van der Waals surface area contributed by atoms with Crippen molar-refractivity contribution in [1.29, 1.82) is 0 Å². The third-order valence-electron chi connectivity index (χ3n) is 3.00. The number of aromatic nitrogens is 4. The van der Waals surface area contributed by atoms with Crippen LogP contribution in [0.5, 0.6) is 0 Å². The van der Waals surface area contributed by atoms with Gasteiger partial charge in [-0.1, -0.05) is 6.07 Å². The molecule has 0 saturated heterocycles. The summed E-state index contributed by atoms with van der Waals surface area (Å²) in [7, 11) is 0. The first-order chi connectivity index (χ1) is 8.61. The Morgan fingerprint density at radius 1 is 1.33 bits per heavy atom. The van der Waals surface area contributed by atoms with Crippen molar-refractivity contribution in [3.63, 3.8) is 0 Å². The molecule has 5 nitrogen and oxygen atoms in total. The van der Waals surface area contributed by atoms with Gasteiger partial charge in [0.05, 0.1) is 6.10 Å². The molecular formula is C13H18N4O. The molecule has 0 radical (unpaired) electrons. The molecule has 0 spiro atoms. The molecule has 0 bridgehead atoms. The number of aliphatic hydroxyl groups excluding tert-OH is 1. The number of aryl methyl sites for hydroxylation is 3. The van der Waals surface area contributed by atoms with E-state index in [9.17, 15) is 5.11 Å². The molecule has 0 aliphatic rings. The second kappa shape index (κ2) is 5.27. The molecule has 96 valence electrons. The third-order valence-corrected chi connectivity index (χ3v) is 3.00. The van der Waals surface area contributed by atoms with Gasteiger partial charge in [-0.3, -0.25) is 9.67 Å². The van der Waals surface area contributed by atoms with Gasteiger partial charge in [0.1, 0.15) is 12.2 Å². The molecule has 0 aromatic carbocycles. The summed E-state index contributed by atoms with van der Waals surface area (Å²) in [5.74, 6) is 0.796. The van der Waals surface area contributed by atoms with E-state index in [-0.39, 0.29) is 0 Å². The van der Waals surface area contributed by atoms with E-state index in [2.05, 4.69) is 15.1 Å². The van der Waals surface area contributed by atoms with Crippen molar-refractivity contribution in [3.8, 4) is 0 Å². The van der Waals surface area contributed by atoms with Gasteiger partial charge in [-0.25, -0.2) is 4.98 Å². The first kappa shape index (κ1) is 12.7. The summed E-state index contributed by atoms with van der Waals surface area (Å²) in [6, 6.07) is 3.84. The van der Waals surface area contributed by atoms with Crippen LogP contribution in [0.2, 0.25) is 0 Å². The molecule has 2 aromatic heterocycles. The first-order valence-corrected chi connectivity index (χ1v) is 6.10. The quantitative estimate of drug-likeness (QED) is 0.889. The van der Waals surface area contributed by atoms with Crippen LogP contribution in [0, 0.1) is 13.8 Å². The lowest BCUT2D eigenvalue weighted by Crippen LogP contribution is -2.11. The van der Waals surface area contributed by atoms with Crippen LogP contribution in [-0.4, -0.2) is 24.9 Å².